The molecule has 1 aromatic carbocycles. The van der Waals surface area contributed by atoms with Crippen LogP contribution >= 0.6 is 0 Å². The molecule has 4 atom stereocenters. The van der Waals surface area contributed by atoms with Crippen molar-refractivity contribution in [3.63, 3.8) is 0 Å². The normalized spacial score (nSPS) is 36.8. The Hall–Kier alpha value is -1.68. The van der Waals surface area contributed by atoms with E-state index in [0.29, 0.717) is 12.0 Å². The number of hydrogen-bond donors (Lipinski definition) is 0. The lowest BCUT2D eigenvalue weighted by molar-refractivity contribution is -0.0376. The molecule has 26 heavy (non-hydrogen) atoms. The van der Waals surface area contributed by atoms with Crippen molar-refractivity contribution in [2.75, 3.05) is 27.3 Å². The third-order valence-electron chi connectivity index (χ3n) is 7.69. The molecule has 4 nitrogen and oxygen atoms in total. The van der Waals surface area contributed by atoms with Crippen molar-refractivity contribution in [2.45, 2.75) is 49.7 Å². The predicted molar refractivity (Wildman–Crippen MR) is 98.7 cm³/mol. The van der Waals surface area contributed by atoms with Gasteiger partial charge in [0.15, 0.2) is 17.6 Å². The summed E-state index contributed by atoms with van der Waals surface area (Å²) in [5.41, 5.74) is 2.99. The second-order valence-corrected chi connectivity index (χ2v) is 8.78. The van der Waals surface area contributed by atoms with E-state index in [0.717, 1.165) is 36.0 Å². The summed E-state index contributed by atoms with van der Waals surface area (Å²) in [7, 11) is 3.53. The van der Waals surface area contributed by atoms with E-state index in [-0.39, 0.29) is 11.5 Å². The van der Waals surface area contributed by atoms with Gasteiger partial charge < -0.3 is 14.2 Å². The fourth-order valence-corrected chi connectivity index (χ4v) is 6.41. The van der Waals surface area contributed by atoms with Gasteiger partial charge in [0.2, 0.25) is 0 Å². The molecule has 1 saturated heterocycles. The Bertz CT molecular complexity index is 799. The molecular formula is C22H27NO3. The van der Waals surface area contributed by atoms with Gasteiger partial charge in [0.25, 0.3) is 0 Å². The molecule has 0 N–H and O–H groups in total. The first-order chi connectivity index (χ1) is 12.8. The van der Waals surface area contributed by atoms with Crippen LogP contribution in [0.15, 0.2) is 24.0 Å². The average Bonchev–Trinajstić information content (AvgIpc) is 3.41. The number of ether oxygens (including phenoxy) is 3. The number of benzene rings is 1. The summed E-state index contributed by atoms with van der Waals surface area (Å²) in [4.78, 5) is 2.81. The van der Waals surface area contributed by atoms with Gasteiger partial charge in [-0.1, -0.05) is 6.07 Å². The first kappa shape index (κ1) is 15.4. The number of piperidine rings is 1. The number of allylic oxidation sites excluding steroid dienone is 1. The van der Waals surface area contributed by atoms with Crippen LogP contribution in [0, 0.1) is 11.8 Å². The lowest BCUT2D eigenvalue weighted by Crippen LogP contribution is -2.64. The van der Waals surface area contributed by atoms with Crippen molar-refractivity contribution in [1.29, 1.82) is 0 Å². The van der Waals surface area contributed by atoms with Crippen LogP contribution < -0.4 is 9.47 Å². The minimum absolute atomic E-state index is 0.0159. The van der Waals surface area contributed by atoms with Crippen LogP contribution in [-0.2, 0) is 16.6 Å². The van der Waals surface area contributed by atoms with Gasteiger partial charge in [0, 0.05) is 23.6 Å². The van der Waals surface area contributed by atoms with Gasteiger partial charge in [-0.25, -0.2) is 0 Å². The summed E-state index contributed by atoms with van der Waals surface area (Å²) in [6.07, 6.45) is 8.58. The quantitative estimate of drug-likeness (QED) is 0.831. The fourth-order valence-electron chi connectivity index (χ4n) is 6.41. The fraction of sp³-hybridized carbons (Fsp3) is 0.636. The van der Waals surface area contributed by atoms with Crippen molar-refractivity contribution in [3.8, 4) is 11.5 Å². The van der Waals surface area contributed by atoms with E-state index in [1.54, 1.807) is 14.2 Å². The highest BCUT2D eigenvalue weighted by molar-refractivity contribution is 5.62. The van der Waals surface area contributed by atoms with Gasteiger partial charge >= 0.3 is 0 Å². The number of rotatable bonds is 4. The van der Waals surface area contributed by atoms with Crippen molar-refractivity contribution in [3.05, 3.63) is 35.1 Å². The van der Waals surface area contributed by atoms with Crippen molar-refractivity contribution in [2.24, 2.45) is 11.8 Å². The van der Waals surface area contributed by atoms with Crippen LogP contribution in [0.25, 0.3) is 0 Å². The maximum absolute atomic E-state index is 6.60. The molecule has 3 aliphatic carbocycles. The first-order valence-electron chi connectivity index (χ1n) is 10.1. The highest BCUT2D eigenvalue weighted by atomic mass is 16.6. The molecule has 1 spiro atoms. The monoisotopic (exact) mass is 353 g/mol. The van der Waals surface area contributed by atoms with Gasteiger partial charge in [0.05, 0.1) is 14.2 Å². The lowest BCUT2D eigenvalue weighted by atomic mass is 9.53. The first-order valence-corrected chi connectivity index (χ1v) is 10.1. The summed E-state index contributed by atoms with van der Waals surface area (Å²) in [5.74, 6) is 4.45. The maximum atomic E-state index is 6.60. The minimum atomic E-state index is 0.0159. The van der Waals surface area contributed by atoms with Crippen LogP contribution in [0.2, 0.25) is 0 Å². The molecule has 2 aliphatic heterocycles. The number of nitrogens with zero attached hydrogens (tertiary/aromatic N) is 1. The predicted octanol–water partition coefficient (Wildman–Crippen LogP) is 3.28. The Labute approximate surface area is 155 Å². The summed E-state index contributed by atoms with van der Waals surface area (Å²) in [5, 5.41) is 0. The summed E-state index contributed by atoms with van der Waals surface area (Å²) in [6, 6.07) is 5.02. The molecule has 2 bridgehead atoms. The molecule has 2 heterocycles. The number of hydrogen-bond acceptors (Lipinski definition) is 4. The topological polar surface area (TPSA) is 30.9 Å². The molecular weight excluding hydrogens is 326 g/mol. The van der Waals surface area contributed by atoms with Crippen LogP contribution in [0.4, 0.5) is 0 Å². The largest absolute Gasteiger partial charge is 0.497 e. The van der Waals surface area contributed by atoms with E-state index in [1.165, 1.54) is 43.5 Å². The molecule has 5 aliphatic rings. The van der Waals surface area contributed by atoms with E-state index in [1.807, 2.05) is 0 Å². The second-order valence-electron chi connectivity index (χ2n) is 8.78. The molecule has 0 radical (unpaired) electrons. The third-order valence-corrected chi connectivity index (χ3v) is 7.69. The molecule has 0 amide bonds. The SMILES string of the molecule is COC1=CCC2C3Cc4ccc(OC)c5c4C2(CCN3CC2CC2)C1O5. The van der Waals surface area contributed by atoms with Gasteiger partial charge in [-0.3, -0.25) is 4.90 Å². The molecule has 2 fully saturated rings. The summed E-state index contributed by atoms with van der Waals surface area (Å²) >= 11 is 0. The summed E-state index contributed by atoms with van der Waals surface area (Å²) < 4.78 is 18.1. The molecule has 0 aromatic heterocycles. The highest BCUT2D eigenvalue weighted by Crippen LogP contribution is 2.64. The van der Waals surface area contributed by atoms with Gasteiger partial charge in [-0.2, -0.15) is 0 Å². The average molecular weight is 353 g/mol. The van der Waals surface area contributed by atoms with E-state index in [2.05, 4.69) is 23.1 Å². The molecule has 6 rings (SSSR count). The second kappa shape index (κ2) is 5.19. The van der Waals surface area contributed by atoms with E-state index in [4.69, 9.17) is 14.2 Å². The van der Waals surface area contributed by atoms with Crippen LogP contribution in [0.3, 0.4) is 0 Å². The molecule has 138 valence electrons. The van der Waals surface area contributed by atoms with Crippen LogP contribution in [0.5, 0.6) is 11.5 Å². The number of methoxy groups -OCH3 is 2. The van der Waals surface area contributed by atoms with Gasteiger partial charge in [-0.15, -0.1) is 0 Å². The zero-order valence-corrected chi connectivity index (χ0v) is 15.7. The van der Waals surface area contributed by atoms with Crippen LogP contribution in [-0.4, -0.2) is 44.4 Å². The lowest BCUT2D eigenvalue weighted by Gasteiger charge is -2.57. The molecule has 4 unspecified atom stereocenters. The van der Waals surface area contributed by atoms with Crippen molar-refractivity contribution in [1.82, 2.24) is 4.90 Å². The van der Waals surface area contributed by atoms with Crippen molar-refractivity contribution < 1.29 is 14.2 Å². The smallest absolute Gasteiger partial charge is 0.166 e. The summed E-state index contributed by atoms with van der Waals surface area (Å²) in [6.45, 7) is 2.48. The van der Waals surface area contributed by atoms with E-state index in [9.17, 15) is 0 Å². The standard InChI is InChI=1S/C22H27NO3/c1-24-17-7-5-14-11-16-15-6-8-18(25-2)21-22(15,19(14)20(17)26-21)9-10-23(16)12-13-3-4-13/h5,7-8,13,15-16,21H,3-4,6,9-12H2,1-2H3. The Morgan fingerprint density at radius 2 is 2.12 bits per heavy atom. The molecule has 1 saturated carbocycles. The van der Waals surface area contributed by atoms with E-state index >= 15 is 0 Å². The molecule has 1 aromatic rings. The zero-order valence-electron chi connectivity index (χ0n) is 15.7. The minimum Gasteiger partial charge on any atom is -0.497 e. The van der Waals surface area contributed by atoms with Gasteiger partial charge in [-0.05, 0) is 68.2 Å². The van der Waals surface area contributed by atoms with Gasteiger partial charge in [0.1, 0.15) is 5.76 Å². The van der Waals surface area contributed by atoms with E-state index < -0.39 is 0 Å². The Morgan fingerprint density at radius 3 is 2.88 bits per heavy atom. The maximum Gasteiger partial charge on any atom is 0.166 e. The van der Waals surface area contributed by atoms with Crippen molar-refractivity contribution >= 4 is 0 Å². The Balaban J connectivity index is 1.53. The Kier molecular flexibility index (Phi) is 3.07. The zero-order chi connectivity index (χ0) is 17.5. The van der Waals surface area contributed by atoms with Crippen LogP contribution in [0.1, 0.15) is 36.8 Å². The number of likely N-dealkylation sites (tertiary alicyclic amines) is 1. The Morgan fingerprint density at radius 1 is 1.23 bits per heavy atom. The third kappa shape index (κ3) is 1.79. The highest BCUT2D eigenvalue weighted by Gasteiger charge is 2.65. The molecule has 4 heteroatoms.